The maximum atomic E-state index is 9.86. The number of aromatic hydroxyl groups is 1. The van der Waals surface area contributed by atoms with Gasteiger partial charge in [0.15, 0.2) is 11.5 Å². The molecule has 0 radical (unpaired) electrons. The maximum absolute atomic E-state index is 9.86. The van der Waals surface area contributed by atoms with Crippen LogP contribution in [0.2, 0.25) is 0 Å². The number of morpholine rings is 1. The van der Waals surface area contributed by atoms with Crippen LogP contribution in [0, 0.1) is 0 Å². The summed E-state index contributed by atoms with van der Waals surface area (Å²) in [5.41, 5.74) is 1.26. The van der Waals surface area contributed by atoms with Crippen LogP contribution < -0.4 is 4.90 Å². The van der Waals surface area contributed by atoms with Crippen molar-refractivity contribution in [2.75, 3.05) is 31.2 Å². The van der Waals surface area contributed by atoms with E-state index < -0.39 is 0 Å². The van der Waals surface area contributed by atoms with E-state index in [0.717, 1.165) is 18.5 Å². The van der Waals surface area contributed by atoms with Gasteiger partial charge in [-0.15, -0.1) is 0 Å². The predicted octanol–water partition coefficient (Wildman–Crippen LogP) is 1.65. The van der Waals surface area contributed by atoms with E-state index in [0.29, 0.717) is 36.2 Å². The first kappa shape index (κ1) is 14.6. The summed E-state index contributed by atoms with van der Waals surface area (Å²) in [4.78, 5) is 15.6. The molecule has 1 aromatic carbocycles. The number of aliphatic imine (C=N–C) groups is 1. The second-order valence-electron chi connectivity index (χ2n) is 5.40. The number of hydrogen-bond acceptors (Lipinski definition) is 7. The third kappa shape index (κ3) is 2.79. The lowest BCUT2D eigenvalue weighted by Crippen LogP contribution is -2.37. The van der Waals surface area contributed by atoms with Crippen molar-refractivity contribution in [3.63, 3.8) is 0 Å². The van der Waals surface area contributed by atoms with Gasteiger partial charge in [-0.2, -0.15) is 15.1 Å². The van der Waals surface area contributed by atoms with Crippen molar-refractivity contribution in [1.29, 1.82) is 0 Å². The van der Waals surface area contributed by atoms with Crippen molar-refractivity contribution >= 4 is 29.0 Å². The van der Waals surface area contributed by atoms with Gasteiger partial charge < -0.3 is 14.7 Å². The second-order valence-corrected chi connectivity index (χ2v) is 5.40. The van der Waals surface area contributed by atoms with Crippen LogP contribution >= 0.6 is 0 Å². The van der Waals surface area contributed by atoms with E-state index >= 15 is 0 Å². The zero-order chi connectivity index (χ0) is 16.4. The van der Waals surface area contributed by atoms with Gasteiger partial charge in [0, 0.05) is 24.9 Å². The molecule has 1 aliphatic rings. The van der Waals surface area contributed by atoms with Gasteiger partial charge in [0.25, 0.3) is 0 Å². The van der Waals surface area contributed by atoms with Gasteiger partial charge in [-0.25, -0.2) is 4.99 Å². The number of phenolic OH excluding ortho intramolecular Hbond substituents is 1. The summed E-state index contributed by atoms with van der Waals surface area (Å²) in [5, 5.41) is 17.5. The zero-order valence-electron chi connectivity index (χ0n) is 12.9. The molecule has 8 heteroatoms. The Morgan fingerprint density at radius 1 is 1.21 bits per heavy atom. The standard InChI is InChI=1S/C16H16N6O2/c23-13-4-2-1-3-11(13)9-17-14-12-10-18-21-15(12)20-16(19-14)22-5-7-24-8-6-22/h1-4,9-10,23H,5-8H2,(H,18,19,20,21). The summed E-state index contributed by atoms with van der Waals surface area (Å²) in [6.45, 7) is 2.78. The molecule has 4 rings (SSSR count). The highest BCUT2D eigenvalue weighted by molar-refractivity contribution is 5.91. The number of ether oxygens (including phenoxy) is 1. The molecule has 0 aliphatic carbocycles. The summed E-state index contributed by atoms with van der Waals surface area (Å²) < 4.78 is 5.37. The van der Waals surface area contributed by atoms with E-state index in [-0.39, 0.29) is 5.75 Å². The van der Waals surface area contributed by atoms with Crippen LogP contribution in [0.25, 0.3) is 11.0 Å². The number of nitrogens with one attached hydrogen (secondary N) is 1. The molecular weight excluding hydrogens is 308 g/mol. The first-order valence-electron chi connectivity index (χ1n) is 7.67. The van der Waals surface area contributed by atoms with Gasteiger partial charge in [-0.1, -0.05) is 12.1 Å². The monoisotopic (exact) mass is 324 g/mol. The number of aromatic amines is 1. The molecule has 0 unspecified atom stereocenters. The number of fused-ring (bicyclic) bond motifs is 1. The molecule has 0 amide bonds. The topological polar surface area (TPSA) is 99.5 Å². The molecule has 2 N–H and O–H groups in total. The molecule has 1 fully saturated rings. The van der Waals surface area contributed by atoms with Crippen molar-refractivity contribution in [3.8, 4) is 5.75 Å². The quantitative estimate of drug-likeness (QED) is 0.711. The smallest absolute Gasteiger partial charge is 0.229 e. The summed E-state index contributed by atoms with van der Waals surface area (Å²) in [6.07, 6.45) is 3.24. The Hall–Kier alpha value is -3.00. The van der Waals surface area contributed by atoms with E-state index in [1.807, 2.05) is 6.07 Å². The predicted molar refractivity (Wildman–Crippen MR) is 90.1 cm³/mol. The SMILES string of the molecule is Oc1ccccc1C=Nc1nc(N2CCOCC2)nc2[nH]ncc12. The van der Waals surface area contributed by atoms with E-state index in [4.69, 9.17) is 4.74 Å². The third-order valence-electron chi connectivity index (χ3n) is 3.83. The fraction of sp³-hybridized carbons (Fsp3) is 0.250. The number of H-pyrrole nitrogens is 1. The summed E-state index contributed by atoms with van der Waals surface area (Å²) in [5.74, 6) is 1.28. The average Bonchev–Trinajstić information content (AvgIpc) is 3.10. The largest absolute Gasteiger partial charge is 0.507 e. The van der Waals surface area contributed by atoms with E-state index in [2.05, 4.69) is 30.1 Å². The van der Waals surface area contributed by atoms with Crippen LogP contribution in [-0.2, 0) is 4.74 Å². The fourth-order valence-electron chi connectivity index (χ4n) is 2.54. The number of nitrogens with zero attached hydrogens (tertiary/aromatic N) is 5. The van der Waals surface area contributed by atoms with Crippen molar-refractivity contribution < 1.29 is 9.84 Å². The second kappa shape index (κ2) is 6.25. The van der Waals surface area contributed by atoms with E-state index in [9.17, 15) is 5.11 Å². The maximum Gasteiger partial charge on any atom is 0.229 e. The molecule has 2 aromatic heterocycles. The summed E-state index contributed by atoms with van der Waals surface area (Å²) in [7, 11) is 0. The average molecular weight is 324 g/mol. The summed E-state index contributed by atoms with van der Waals surface area (Å²) in [6, 6.07) is 7.01. The molecule has 1 aliphatic heterocycles. The van der Waals surface area contributed by atoms with E-state index in [1.165, 1.54) is 0 Å². The molecule has 0 bridgehead atoms. The zero-order valence-corrected chi connectivity index (χ0v) is 12.9. The lowest BCUT2D eigenvalue weighted by Gasteiger charge is -2.26. The van der Waals surface area contributed by atoms with Crippen LogP contribution in [0.3, 0.4) is 0 Å². The molecule has 8 nitrogen and oxygen atoms in total. The number of para-hydroxylation sites is 1. The van der Waals surface area contributed by atoms with Crippen molar-refractivity contribution in [2.45, 2.75) is 0 Å². The molecule has 0 saturated carbocycles. The highest BCUT2D eigenvalue weighted by atomic mass is 16.5. The lowest BCUT2D eigenvalue weighted by atomic mass is 10.2. The van der Waals surface area contributed by atoms with Crippen molar-refractivity contribution in [2.24, 2.45) is 4.99 Å². The minimum Gasteiger partial charge on any atom is -0.507 e. The highest BCUT2D eigenvalue weighted by Gasteiger charge is 2.17. The summed E-state index contributed by atoms with van der Waals surface area (Å²) >= 11 is 0. The first-order chi connectivity index (χ1) is 11.8. The Balaban J connectivity index is 1.73. The van der Waals surface area contributed by atoms with Crippen LogP contribution in [-0.4, -0.2) is 57.8 Å². The van der Waals surface area contributed by atoms with Crippen molar-refractivity contribution in [3.05, 3.63) is 36.0 Å². The van der Waals surface area contributed by atoms with Gasteiger partial charge in [-0.05, 0) is 12.1 Å². The van der Waals surface area contributed by atoms with Gasteiger partial charge in [0.05, 0.1) is 24.8 Å². The van der Waals surface area contributed by atoms with E-state index in [1.54, 1.807) is 30.6 Å². The Kier molecular flexibility index (Phi) is 3.80. The molecule has 3 aromatic rings. The van der Waals surface area contributed by atoms with Crippen LogP contribution in [0.15, 0.2) is 35.5 Å². The number of rotatable bonds is 3. The Bertz CT molecular complexity index is 885. The number of aromatic nitrogens is 4. The number of benzene rings is 1. The molecule has 0 spiro atoms. The Morgan fingerprint density at radius 2 is 2.04 bits per heavy atom. The van der Waals surface area contributed by atoms with Crippen molar-refractivity contribution in [1.82, 2.24) is 20.2 Å². The minimum absolute atomic E-state index is 0.173. The van der Waals surface area contributed by atoms with Gasteiger partial charge in [-0.3, -0.25) is 5.10 Å². The number of anilines is 1. The molecule has 24 heavy (non-hydrogen) atoms. The van der Waals surface area contributed by atoms with Gasteiger partial charge >= 0.3 is 0 Å². The first-order valence-corrected chi connectivity index (χ1v) is 7.67. The number of phenols is 1. The Labute approximate surface area is 137 Å². The minimum atomic E-state index is 0.173. The number of hydrogen-bond donors (Lipinski definition) is 2. The molecule has 0 atom stereocenters. The van der Waals surface area contributed by atoms with Crippen LogP contribution in [0.5, 0.6) is 5.75 Å². The van der Waals surface area contributed by atoms with Gasteiger partial charge in [0.1, 0.15) is 5.75 Å². The molecule has 1 saturated heterocycles. The molecular formula is C16H16N6O2. The molecule has 3 heterocycles. The fourth-order valence-corrected chi connectivity index (χ4v) is 2.54. The third-order valence-corrected chi connectivity index (χ3v) is 3.83. The van der Waals surface area contributed by atoms with Gasteiger partial charge in [0.2, 0.25) is 5.95 Å². The lowest BCUT2D eigenvalue weighted by molar-refractivity contribution is 0.122. The Morgan fingerprint density at radius 3 is 2.88 bits per heavy atom. The highest BCUT2D eigenvalue weighted by Crippen LogP contribution is 2.25. The van der Waals surface area contributed by atoms with Crippen LogP contribution in [0.1, 0.15) is 5.56 Å². The van der Waals surface area contributed by atoms with Crippen LogP contribution in [0.4, 0.5) is 11.8 Å². The molecule has 122 valence electrons. The normalized spacial score (nSPS) is 15.4.